The molecular formula is C18H13ClFN3O2S. The molecule has 0 aliphatic carbocycles. The molecule has 0 saturated heterocycles. The summed E-state index contributed by atoms with van der Waals surface area (Å²) in [6, 6.07) is 12.4. The molecule has 3 rings (SSSR count). The van der Waals surface area contributed by atoms with E-state index in [2.05, 4.69) is 15.5 Å². The van der Waals surface area contributed by atoms with Gasteiger partial charge in [-0.2, -0.15) is 0 Å². The highest BCUT2D eigenvalue weighted by molar-refractivity contribution is 7.15. The minimum absolute atomic E-state index is 0.161. The maximum atomic E-state index is 12.9. The lowest BCUT2D eigenvalue weighted by atomic mass is 10.2. The van der Waals surface area contributed by atoms with Crippen molar-refractivity contribution >= 4 is 40.0 Å². The molecule has 5 nitrogen and oxygen atoms in total. The molecule has 0 fully saturated rings. The van der Waals surface area contributed by atoms with Crippen LogP contribution in [0, 0.1) is 5.82 Å². The Kier molecular flexibility index (Phi) is 5.60. The van der Waals surface area contributed by atoms with E-state index < -0.39 is 0 Å². The highest BCUT2D eigenvalue weighted by Crippen LogP contribution is 2.25. The number of carbonyl (C=O) groups is 1. The molecule has 0 atom stereocenters. The molecule has 0 unspecified atom stereocenters. The smallest absolute Gasteiger partial charge is 0.282 e. The Balaban J connectivity index is 1.65. The molecule has 2 aromatic carbocycles. The van der Waals surface area contributed by atoms with Gasteiger partial charge in [-0.3, -0.25) is 4.79 Å². The van der Waals surface area contributed by atoms with Gasteiger partial charge in [0.1, 0.15) is 11.6 Å². The summed E-state index contributed by atoms with van der Waals surface area (Å²) in [6.07, 6.45) is 1.67. The molecule has 132 valence electrons. The van der Waals surface area contributed by atoms with Crippen LogP contribution < -0.4 is 5.32 Å². The number of hydrogen-bond donors (Lipinski definition) is 2. The van der Waals surface area contributed by atoms with Crippen molar-refractivity contribution in [3.8, 4) is 5.75 Å². The quantitative estimate of drug-likeness (QED) is 0.690. The molecule has 1 amide bonds. The van der Waals surface area contributed by atoms with Crippen molar-refractivity contribution in [2.75, 3.05) is 0 Å². The van der Waals surface area contributed by atoms with E-state index in [1.165, 1.54) is 12.1 Å². The van der Waals surface area contributed by atoms with E-state index in [4.69, 9.17) is 11.6 Å². The second-order valence-electron chi connectivity index (χ2n) is 5.31. The number of benzene rings is 2. The van der Waals surface area contributed by atoms with Crippen molar-refractivity contribution in [2.24, 2.45) is 0 Å². The maximum absolute atomic E-state index is 12.9. The molecule has 0 spiro atoms. The Morgan fingerprint density at radius 2 is 1.77 bits per heavy atom. The molecule has 1 heterocycles. The highest BCUT2D eigenvalue weighted by atomic mass is 35.5. The largest absolute Gasteiger partial charge is 0.508 e. The lowest BCUT2D eigenvalue weighted by Crippen LogP contribution is -2.22. The van der Waals surface area contributed by atoms with Crippen LogP contribution in [0.25, 0.3) is 11.1 Å². The SMILES string of the molecule is O=C(NCc1ccc(F)cc1)c1nnc(C(Cl)=Cc2ccc(O)cc2)s1. The second kappa shape index (κ2) is 8.07. The average molecular weight is 390 g/mol. The number of hydrogen-bond acceptors (Lipinski definition) is 5. The van der Waals surface area contributed by atoms with Crippen LogP contribution >= 0.6 is 22.9 Å². The third kappa shape index (κ3) is 4.65. The lowest BCUT2D eigenvalue weighted by molar-refractivity contribution is 0.0950. The third-order valence-corrected chi connectivity index (χ3v) is 4.73. The number of rotatable bonds is 5. The number of nitrogens with one attached hydrogen (secondary N) is 1. The summed E-state index contributed by atoms with van der Waals surface area (Å²) in [5, 5.41) is 20.7. The minimum Gasteiger partial charge on any atom is -0.508 e. The Morgan fingerprint density at radius 1 is 1.12 bits per heavy atom. The van der Waals surface area contributed by atoms with Crippen LogP contribution in [0.1, 0.15) is 25.9 Å². The van der Waals surface area contributed by atoms with Crippen molar-refractivity contribution in [3.05, 3.63) is 75.5 Å². The topological polar surface area (TPSA) is 75.1 Å². The number of phenols is 1. The normalized spacial score (nSPS) is 11.4. The van der Waals surface area contributed by atoms with Gasteiger partial charge in [0.25, 0.3) is 5.91 Å². The van der Waals surface area contributed by atoms with Gasteiger partial charge >= 0.3 is 0 Å². The van der Waals surface area contributed by atoms with Gasteiger partial charge in [-0.15, -0.1) is 10.2 Å². The minimum atomic E-state index is -0.382. The Morgan fingerprint density at radius 3 is 2.46 bits per heavy atom. The van der Waals surface area contributed by atoms with Gasteiger partial charge in [-0.05, 0) is 41.5 Å². The molecule has 1 aromatic heterocycles. The summed E-state index contributed by atoms with van der Waals surface area (Å²) < 4.78 is 12.9. The van der Waals surface area contributed by atoms with Crippen LogP contribution in [0.3, 0.4) is 0 Å². The molecular weight excluding hydrogens is 377 g/mol. The number of aromatic nitrogens is 2. The van der Waals surface area contributed by atoms with Crippen LogP contribution in [-0.2, 0) is 6.54 Å². The predicted molar refractivity (Wildman–Crippen MR) is 99.3 cm³/mol. The molecule has 8 heteroatoms. The van der Waals surface area contributed by atoms with Gasteiger partial charge in [-0.1, -0.05) is 47.2 Å². The number of aromatic hydroxyl groups is 1. The molecule has 0 aliphatic rings. The van der Waals surface area contributed by atoms with E-state index >= 15 is 0 Å². The van der Waals surface area contributed by atoms with Gasteiger partial charge in [0.05, 0.1) is 5.03 Å². The highest BCUT2D eigenvalue weighted by Gasteiger charge is 2.14. The van der Waals surface area contributed by atoms with Gasteiger partial charge < -0.3 is 10.4 Å². The standard InChI is InChI=1S/C18H13ClFN3O2S/c19-15(9-11-3-7-14(24)8-4-11)17-22-23-18(26-17)16(25)21-10-12-1-5-13(20)6-2-12/h1-9,24H,10H2,(H,21,25). The number of halogens is 2. The van der Waals surface area contributed by atoms with Crippen molar-refractivity contribution in [1.82, 2.24) is 15.5 Å². The first-order valence-corrected chi connectivity index (χ1v) is 8.73. The van der Waals surface area contributed by atoms with Crippen molar-refractivity contribution in [2.45, 2.75) is 6.54 Å². The number of amides is 1. The summed E-state index contributed by atoms with van der Waals surface area (Å²) in [7, 11) is 0. The molecule has 26 heavy (non-hydrogen) atoms. The maximum Gasteiger partial charge on any atom is 0.282 e. The summed E-state index contributed by atoms with van der Waals surface area (Å²) in [6.45, 7) is 0.255. The molecule has 0 bridgehead atoms. The van der Waals surface area contributed by atoms with E-state index in [1.807, 2.05) is 0 Å². The fourth-order valence-electron chi connectivity index (χ4n) is 2.05. The zero-order valence-electron chi connectivity index (χ0n) is 13.3. The summed E-state index contributed by atoms with van der Waals surface area (Å²) in [5.41, 5.74) is 1.56. The fourth-order valence-corrected chi connectivity index (χ4v) is 3.00. The van der Waals surface area contributed by atoms with E-state index in [1.54, 1.807) is 42.5 Å². The van der Waals surface area contributed by atoms with E-state index in [-0.39, 0.29) is 29.0 Å². The summed E-state index contributed by atoms with van der Waals surface area (Å²) in [5.74, 6) is -0.551. The fraction of sp³-hybridized carbons (Fsp3) is 0.0556. The van der Waals surface area contributed by atoms with Crippen molar-refractivity contribution in [1.29, 1.82) is 0 Å². The van der Waals surface area contributed by atoms with Gasteiger partial charge in [0.15, 0.2) is 5.01 Å². The van der Waals surface area contributed by atoms with E-state index in [0.29, 0.717) is 10.0 Å². The predicted octanol–water partition coefficient (Wildman–Crippen LogP) is 4.05. The van der Waals surface area contributed by atoms with Crippen LogP contribution in [0.4, 0.5) is 4.39 Å². The zero-order chi connectivity index (χ0) is 18.5. The number of nitrogens with zero attached hydrogens (tertiary/aromatic N) is 2. The number of carbonyl (C=O) groups excluding carboxylic acids is 1. The zero-order valence-corrected chi connectivity index (χ0v) is 14.9. The Bertz CT molecular complexity index is 940. The average Bonchev–Trinajstić information content (AvgIpc) is 3.13. The first kappa shape index (κ1) is 18.0. The van der Waals surface area contributed by atoms with Crippen molar-refractivity contribution < 1.29 is 14.3 Å². The molecule has 0 aliphatic heterocycles. The van der Waals surface area contributed by atoms with Crippen LogP contribution in [0.2, 0.25) is 0 Å². The van der Waals surface area contributed by atoms with Crippen LogP contribution in [-0.4, -0.2) is 21.2 Å². The van der Waals surface area contributed by atoms with Crippen LogP contribution in [0.5, 0.6) is 5.75 Å². The van der Waals surface area contributed by atoms with E-state index in [9.17, 15) is 14.3 Å². The first-order chi connectivity index (χ1) is 12.5. The Labute approximate surface area is 157 Å². The van der Waals surface area contributed by atoms with Gasteiger partial charge in [0.2, 0.25) is 5.01 Å². The van der Waals surface area contributed by atoms with E-state index in [0.717, 1.165) is 22.5 Å². The molecule has 0 radical (unpaired) electrons. The first-order valence-electron chi connectivity index (χ1n) is 7.54. The van der Waals surface area contributed by atoms with Gasteiger partial charge in [-0.25, -0.2) is 4.39 Å². The lowest BCUT2D eigenvalue weighted by Gasteiger charge is -2.02. The second-order valence-corrected chi connectivity index (χ2v) is 6.69. The monoisotopic (exact) mass is 389 g/mol. The number of phenolic OH excluding ortho intramolecular Hbond substituents is 1. The van der Waals surface area contributed by atoms with Crippen molar-refractivity contribution in [3.63, 3.8) is 0 Å². The van der Waals surface area contributed by atoms with Gasteiger partial charge in [0, 0.05) is 6.54 Å². The third-order valence-electron chi connectivity index (χ3n) is 3.38. The molecule has 3 aromatic rings. The summed E-state index contributed by atoms with van der Waals surface area (Å²) in [4.78, 5) is 12.1. The van der Waals surface area contributed by atoms with Crippen LogP contribution in [0.15, 0.2) is 48.5 Å². The summed E-state index contributed by atoms with van der Waals surface area (Å²) >= 11 is 7.29. The Hall–Kier alpha value is -2.77. The molecule has 2 N–H and O–H groups in total. The molecule has 0 saturated carbocycles.